The molecular weight excluding hydrogens is 361 g/mol. The Balaban J connectivity index is 2.57. The number of benzene rings is 1. The summed E-state index contributed by atoms with van der Waals surface area (Å²) in [5.74, 6) is 0.287. The number of hydrogen-bond acceptors (Lipinski definition) is 4. The van der Waals surface area contributed by atoms with E-state index in [0.717, 1.165) is 5.56 Å². The van der Waals surface area contributed by atoms with Crippen LogP contribution in [0, 0.1) is 0 Å². The molecule has 142 valence electrons. The molecule has 1 aromatic rings. The van der Waals surface area contributed by atoms with Crippen LogP contribution in [-0.2, 0) is 16.6 Å². The topological polar surface area (TPSA) is 106 Å². The van der Waals surface area contributed by atoms with E-state index in [1.165, 1.54) is 12.1 Å². The van der Waals surface area contributed by atoms with Crippen LogP contribution < -0.4 is 20.5 Å². The molecule has 0 aliphatic carbocycles. The van der Waals surface area contributed by atoms with Gasteiger partial charge in [-0.25, -0.2) is 18.5 Å². The lowest BCUT2D eigenvalue weighted by atomic mass is 10.2. The largest absolute Gasteiger partial charge is 0.484 e. The van der Waals surface area contributed by atoms with Gasteiger partial charge in [0.2, 0.25) is 10.0 Å². The highest BCUT2D eigenvalue weighted by Gasteiger charge is 2.28. The Morgan fingerprint density at radius 3 is 2.40 bits per heavy atom. The number of primary sulfonamides is 1. The Hall–Kier alpha value is -2.01. The molecule has 0 aliphatic heterocycles. The van der Waals surface area contributed by atoms with E-state index in [9.17, 15) is 21.6 Å². The van der Waals surface area contributed by atoms with Crippen molar-refractivity contribution in [3.63, 3.8) is 0 Å². The third kappa shape index (κ3) is 10.5. The molecule has 0 amide bonds. The van der Waals surface area contributed by atoms with E-state index >= 15 is 0 Å². The molecular formula is C14H21F3N4O3S. The lowest BCUT2D eigenvalue weighted by Crippen LogP contribution is -2.40. The average Bonchev–Trinajstić information content (AvgIpc) is 2.49. The van der Waals surface area contributed by atoms with Crippen molar-refractivity contribution in [2.24, 2.45) is 10.1 Å². The molecule has 0 bridgehead atoms. The number of aliphatic imine (C=N–C) groups is 1. The number of halogens is 3. The average molecular weight is 382 g/mol. The molecule has 25 heavy (non-hydrogen) atoms. The van der Waals surface area contributed by atoms with E-state index in [2.05, 4.69) is 20.4 Å². The van der Waals surface area contributed by atoms with Gasteiger partial charge in [-0.1, -0.05) is 12.1 Å². The highest BCUT2D eigenvalue weighted by Crippen LogP contribution is 2.19. The van der Waals surface area contributed by atoms with Crippen LogP contribution >= 0.6 is 0 Å². The normalized spacial score (nSPS) is 12.8. The fourth-order valence-electron chi connectivity index (χ4n) is 1.68. The van der Waals surface area contributed by atoms with Crippen LogP contribution in [0.5, 0.6) is 5.75 Å². The van der Waals surface area contributed by atoms with Gasteiger partial charge in [0, 0.05) is 13.1 Å². The fraction of sp³-hybridized carbons (Fsp3) is 0.500. The van der Waals surface area contributed by atoms with Crippen molar-refractivity contribution >= 4 is 16.0 Å². The first-order valence-corrected chi connectivity index (χ1v) is 9.12. The first kappa shape index (κ1) is 21.0. The van der Waals surface area contributed by atoms with Crippen LogP contribution in [0.3, 0.4) is 0 Å². The zero-order valence-electron chi connectivity index (χ0n) is 13.6. The minimum absolute atomic E-state index is 0.106. The number of guanidine groups is 1. The number of rotatable bonds is 8. The third-order valence-corrected chi connectivity index (χ3v) is 3.54. The summed E-state index contributed by atoms with van der Waals surface area (Å²) in [6.07, 6.45) is -4.38. The minimum Gasteiger partial charge on any atom is -0.484 e. The minimum atomic E-state index is -4.38. The van der Waals surface area contributed by atoms with Gasteiger partial charge in [0.05, 0.1) is 12.3 Å². The summed E-state index contributed by atoms with van der Waals surface area (Å²) >= 11 is 0. The van der Waals surface area contributed by atoms with E-state index in [-0.39, 0.29) is 24.6 Å². The maximum absolute atomic E-state index is 12.1. The predicted octanol–water partition coefficient (Wildman–Crippen LogP) is 0.971. The Morgan fingerprint density at radius 1 is 1.24 bits per heavy atom. The molecule has 0 heterocycles. The van der Waals surface area contributed by atoms with Crippen molar-refractivity contribution in [2.75, 3.05) is 25.4 Å². The number of nitrogens with one attached hydrogen (secondary N) is 2. The van der Waals surface area contributed by atoms with E-state index in [4.69, 9.17) is 5.14 Å². The Labute approximate surface area is 144 Å². The zero-order chi connectivity index (χ0) is 18.9. The Bertz CT molecular complexity index is 661. The molecule has 1 rings (SSSR count). The molecule has 11 heteroatoms. The van der Waals surface area contributed by atoms with Gasteiger partial charge in [-0.15, -0.1) is 0 Å². The second kappa shape index (κ2) is 9.47. The van der Waals surface area contributed by atoms with Crippen LogP contribution in [0.1, 0.15) is 12.5 Å². The second-order valence-corrected chi connectivity index (χ2v) is 6.77. The lowest BCUT2D eigenvalue weighted by Gasteiger charge is -2.11. The highest BCUT2D eigenvalue weighted by atomic mass is 32.2. The molecule has 0 atom stereocenters. The van der Waals surface area contributed by atoms with Gasteiger partial charge in [-0.3, -0.25) is 0 Å². The van der Waals surface area contributed by atoms with Gasteiger partial charge in [0.15, 0.2) is 12.6 Å². The highest BCUT2D eigenvalue weighted by molar-refractivity contribution is 7.89. The first-order valence-electron chi connectivity index (χ1n) is 7.40. The first-order chi connectivity index (χ1) is 11.6. The summed E-state index contributed by atoms with van der Waals surface area (Å²) in [7, 11) is -3.56. The molecule has 0 aliphatic rings. The molecule has 0 radical (unpaired) electrons. The smallest absolute Gasteiger partial charge is 0.422 e. The Kier molecular flexibility index (Phi) is 7.97. The number of ether oxygens (including phenoxy) is 1. The quantitative estimate of drug-likeness (QED) is 0.459. The van der Waals surface area contributed by atoms with Gasteiger partial charge >= 0.3 is 6.18 Å². The number of sulfonamides is 1. The van der Waals surface area contributed by atoms with Crippen molar-refractivity contribution in [2.45, 2.75) is 19.6 Å². The van der Waals surface area contributed by atoms with Crippen molar-refractivity contribution in [1.29, 1.82) is 0 Å². The summed E-state index contributed by atoms with van der Waals surface area (Å²) in [6.45, 7) is 1.44. The van der Waals surface area contributed by atoms with Crippen molar-refractivity contribution in [1.82, 2.24) is 10.6 Å². The third-order valence-electron chi connectivity index (χ3n) is 2.77. The Morgan fingerprint density at radius 2 is 1.88 bits per heavy atom. The van der Waals surface area contributed by atoms with Crippen molar-refractivity contribution in [3.8, 4) is 5.75 Å². The monoisotopic (exact) mass is 382 g/mol. The number of nitrogens with zero attached hydrogens (tertiary/aromatic N) is 1. The summed E-state index contributed by atoms with van der Waals surface area (Å²) in [5, 5.41) is 10.7. The maximum Gasteiger partial charge on any atom is 0.422 e. The van der Waals surface area contributed by atoms with Crippen molar-refractivity contribution < 1.29 is 26.3 Å². The molecule has 0 saturated heterocycles. The fourth-order valence-corrected chi connectivity index (χ4v) is 2.07. The van der Waals surface area contributed by atoms with Gasteiger partial charge in [0.25, 0.3) is 0 Å². The molecule has 1 aromatic carbocycles. The molecule has 0 aromatic heterocycles. The van der Waals surface area contributed by atoms with E-state index < -0.39 is 22.8 Å². The van der Waals surface area contributed by atoms with E-state index in [0.29, 0.717) is 12.5 Å². The van der Waals surface area contributed by atoms with Gasteiger partial charge in [0.1, 0.15) is 5.75 Å². The summed E-state index contributed by atoms with van der Waals surface area (Å²) in [5.41, 5.74) is 0.753. The molecule has 0 unspecified atom stereocenters. The van der Waals surface area contributed by atoms with Gasteiger partial charge in [-0.05, 0) is 24.6 Å². The lowest BCUT2D eigenvalue weighted by molar-refractivity contribution is -0.153. The number of alkyl halides is 3. The van der Waals surface area contributed by atoms with Crippen LogP contribution in [0.4, 0.5) is 13.2 Å². The molecule has 0 spiro atoms. The van der Waals surface area contributed by atoms with E-state index in [1.807, 2.05) is 6.92 Å². The molecule has 0 fully saturated rings. The molecule has 4 N–H and O–H groups in total. The number of hydrogen-bond donors (Lipinski definition) is 3. The number of nitrogens with two attached hydrogens (primary N) is 1. The predicted molar refractivity (Wildman–Crippen MR) is 88.8 cm³/mol. The van der Waals surface area contributed by atoms with Crippen LogP contribution in [0.25, 0.3) is 0 Å². The van der Waals surface area contributed by atoms with E-state index in [1.54, 1.807) is 12.1 Å². The standard InChI is InChI=1S/C14H21F3N4O3S/c1-2-19-13(20-7-8-25(18,22)23)21-9-11-3-5-12(6-4-11)24-10-14(15,16)17/h3-6H,2,7-10H2,1H3,(H2,18,22,23)(H2,19,20,21). The van der Waals surface area contributed by atoms with Gasteiger partial charge in [-0.2, -0.15) is 13.2 Å². The van der Waals surface area contributed by atoms with Crippen LogP contribution in [0.15, 0.2) is 29.3 Å². The summed E-state index contributed by atoms with van der Waals surface area (Å²) < 4.78 is 62.6. The SMILES string of the molecule is CCNC(=NCc1ccc(OCC(F)(F)F)cc1)NCCS(N)(=O)=O. The van der Waals surface area contributed by atoms with Gasteiger partial charge < -0.3 is 15.4 Å². The maximum atomic E-state index is 12.1. The zero-order valence-corrected chi connectivity index (χ0v) is 14.5. The summed E-state index contributed by atoms with van der Waals surface area (Å²) in [6, 6.07) is 6.06. The molecule has 0 saturated carbocycles. The van der Waals surface area contributed by atoms with Crippen molar-refractivity contribution in [3.05, 3.63) is 29.8 Å². The van der Waals surface area contributed by atoms with Crippen LogP contribution in [-0.4, -0.2) is 46.0 Å². The second-order valence-electron chi connectivity index (χ2n) is 5.04. The summed E-state index contributed by atoms with van der Waals surface area (Å²) in [4.78, 5) is 4.26. The van der Waals surface area contributed by atoms with Crippen LogP contribution in [0.2, 0.25) is 0 Å². The molecule has 7 nitrogen and oxygen atoms in total.